The summed E-state index contributed by atoms with van der Waals surface area (Å²) in [6.45, 7) is 3.85. The number of halogens is 1. The first-order valence-corrected chi connectivity index (χ1v) is 6.33. The van der Waals surface area contributed by atoms with E-state index in [1.165, 1.54) is 0 Å². The summed E-state index contributed by atoms with van der Waals surface area (Å²) in [7, 11) is 0. The highest BCUT2D eigenvalue weighted by Gasteiger charge is 2.20. The Morgan fingerprint density at radius 2 is 1.89 bits per heavy atom. The summed E-state index contributed by atoms with van der Waals surface area (Å²) < 4.78 is 5.26. The maximum Gasteiger partial charge on any atom is 0.409 e. The molecule has 0 saturated carbocycles. The fraction of sp³-hybridized carbons (Fsp3) is 0.385. The minimum Gasteiger partial charge on any atom is -0.465 e. The van der Waals surface area contributed by atoms with E-state index in [9.17, 15) is 9.59 Å². The maximum absolute atomic E-state index is 11.3. The van der Waals surface area contributed by atoms with Crippen LogP contribution in [0.15, 0.2) is 24.3 Å². The fourth-order valence-corrected chi connectivity index (χ4v) is 1.70. The van der Waals surface area contributed by atoms with Crippen LogP contribution in [-0.4, -0.2) is 23.0 Å². The zero-order chi connectivity index (χ0) is 14.4. The van der Waals surface area contributed by atoms with Crippen LogP contribution in [0.25, 0.3) is 0 Å². The molecule has 1 unspecified atom stereocenters. The largest absolute Gasteiger partial charge is 0.465 e. The molecule has 104 valence electrons. The summed E-state index contributed by atoms with van der Waals surface area (Å²) >= 11 is 5.42. The Kier molecular flexibility index (Phi) is 5.63. The number of hydrogen-bond donors (Lipinski definition) is 2. The lowest BCUT2D eigenvalue weighted by molar-refractivity contribution is -0.148. The van der Waals surface area contributed by atoms with Gasteiger partial charge in [0, 0.05) is 5.69 Å². The molecule has 0 aliphatic carbocycles. The first kappa shape index (κ1) is 15.3. The van der Waals surface area contributed by atoms with E-state index < -0.39 is 18.2 Å². The summed E-state index contributed by atoms with van der Waals surface area (Å²) in [6.07, 6.45) is -1.52. The number of amides is 1. The summed E-state index contributed by atoms with van der Waals surface area (Å²) in [5.74, 6) is -0.583. The van der Waals surface area contributed by atoms with Crippen molar-refractivity contribution in [3.05, 3.63) is 29.8 Å². The standard InChI is InChI=1S/C13H16ClNO4/c1-8(2)12(19-11(16)7-14)9-3-5-10(6-4-9)15-13(17)18/h3-6,8,12,15H,7H2,1-2H3,(H,17,18). The molecule has 0 aliphatic heterocycles. The number of hydrogen-bond acceptors (Lipinski definition) is 3. The molecule has 1 rings (SSSR count). The average molecular weight is 286 g/mol. The van der Waals surface area contributed by atoms with Gasteiger partial charge in [-0.15, -0.1) is 11.6 Å². The van der Waals surface area contributed by atoms with Gasteiger partial charge in [-0.3, -0.25) is 10.1 Å². The summed E-state index contributed by atoms with van der Waals surface area (Å²) in [5, 5.41) is 10.8. The van der Waals surface area contributed by atoms with Gasteiger partial charge in [-0.05, 0) is 23.6 Å². The molecule has 1 atom stereocenters. The van der Waals surface area contributed by atoms with Crippen LogP contribution in [0.4, 0.5) is 10.5 Å². The van der Waals surface area contributed by atoms with Crippen molar-refractivity contribution in [1.82, 2.24) is 0 Å². The molecule has 1 aromatic rings. The van der Waals surface area contributed by atoms with E-state index in [0.717, 1.165) is 5.56 Å². The summed E-state index contributed by atoms with van der Waals surface area (Å²) in [6, 6.07) is 6.68. The monoisotopic (exact) mass is 285 g/mol. The van der Waals surface area contributed by atoms with E-state index in [4.69, 9.17) is 21.4 Å². The lowest BCUT2D eigenvalue weighted by Gasteiger charge is -2.21. The van der Waals surface area contributed by atoms with E-state index in [2.05, 4.69) is 5.32 Å². The predicted octanol–water partition coefficient (Wildman–Crippen LogP) is 3.26. The number of anilines is 1. The molecule has 5 nitrogen and oxygen atoms in total. The van der Waals surface area contributed by atoms with Gasteiger partial charge in [0.1, 0.15) is 12.0 Å². The van der Waals surface area contributed by atoms with Gasteiger partial charge < -0.3 is 9.84 Å². The van der Waals surface area contributed by atoms with E-state index >= 15 is 0 Å². The molecule has 0 spiro atoms. The second-order valence-electron chi connectivity index (χ2n) is 4.34. The number of carboxylic acid groups (broad SMARTS) is 1. The number of carbonyl (C=O) groups is 2. The van der Waals surface area contributed by atoms with Gasteiger partial charge in [-0.1, -0.05) is 26.0 Å². The molecule has 0 radical (unpaired) electrons. The van der Waals surface area contributed by atoms with Gasteiger partial charge in [-0.2, -0.15) is 0 Å². The van der Waals surface area contributed by atoms with Crippen molar-refractivity contribution >= 4 is 29.4 Å². The molecular weight excluding hydrogens is 270 g/mol. The third-order valence-electron chi connectivity index (χ3n) is 2.46. The van der Waals surface area contributed by atoms with E-state index in [1.54, 1.807) is 24.3 Å². The smallest absolute Gasteiger partial charge is 0.409 e. The van der Waals surface area contributed by atoms with Gasteiger partial charge in [0.15, 0.2) is 0 Å². The number of nitrogens with one attached hydrogen (secondary N) is 1. The van der Waals surface area contributed by atoms with Crippen molar-refractivity contribution in [2.45, 2.75) is 20.0 Å². The fourth-order valence-electron chi connectivity index (χ4n) is 1.64. The van der Waals surface area contributed by atoms with Crippen molar-refractivity contribution in [3.8, 4) is 0 Å². The molecule has 19 heavy (non-hydrogen) atoms. The Balaban J connectivity index is 2.85. The molecule has 0 heterocycles. The highest BCUT2D eigenvalue weighted by Crippen LogP contribution is 2.27. The number of rotatable bonds is 5. The minimum absolute atomic E-state index is 0.0884. The Morgan fingerprint density at radius 1 is 1.32 bits per heavy atom. The Labute approximate surface area is 116 Å². The quantitative estimate of drug-likeness (QED) is 0.643. The van der Waals surface area contributed by atoms with Crippen LogP contribution in [-0.2, 0) is 9.53 Å². The second-order valence-corrected chi connectivity index (χ2v) is 4.61. The molecule has 0 aliphatic rings. The number of ether oxygens (including phenoxy) is 1. The van der Waals surface area contributed by atoms with Crippen LogP contribution in [0.1, 0.15) is 25.5 Å². The zero-order valence-corrected chi connectivity index (χ0v) is 11.5. The van der Waals surface area contributed by atoms with E-state index in [-0.39, 0.29) is 11.8 Å². The van der Waals surface area contributed by atoms with Crippen LogP contribution in [0.2, 0.25) is 0 Å². The maximum atomic E-state index is 11.3. The molecule has 6 heteroatoms. The van der Waals surface area contributed by atoms with Gasteiger partial charge in [0.25, 0.3) is 0 Å². The third kappa shape index (κ3) is 4.79. The highest BCUT2D eigenvalue weighted by atomic mass is 35.5. The highest BCUT2D eigenvalue weighted by molar-refractivity contribution is 6.26. The molecule has 0 saturated heterocycles. The van der Waals surface area contributed by atoms with Crippen molar-refractivity contribution in [3.63, 3.8) is 0 Å². The van der Waals surface area contributed by atoms with Crippen LogP contribution in [0.3, 0.4) is 0 Å². The van der Waals surface area contributed by atoms with Crippen LogP contribution < -0.4 is 5.32 Å². The van der Waals surface area contributed by atoms with Crippen LogP contribution in [0.5, 0.6) is 0 Å². The molecule has 1 amide bonds. The Bertz CT molecular complexity index is 444. The molecule has 2 N–H and O–H groups in total. The molecule has 0 bridgehead atoms. The average Bonchev–Trinajstić information content (AvgIpc) is 2.35. The molecule has 0 aromatic heterocycles. The van der Waals surface area contributed by atoms with Gasteiger partial charge in [0.05, 0.1) is 0 Å². The van der Waals surface area contributed by atoms with E-state index in [0.29, 0.717) is 5.69 Å². The second kappa shape index (κ2) is 6.99. The topological polar surface area (TPSA) is 75.6 Å². The third-order valence-corrected chi connectivity index (χ3v) is 2.68. The number of alkyl halides is 1. The first-order valence-electron chi connectivity index (χ1n) is 5.79. The van der Waals surface area contributed by atoms with Crippen molar-refractivity contribution in [2.75, 3.05) is 11.2 Å². The number of esters is 1. The van der Waals surface area contributed by atoms with Gasteiger partial charge in [-0.25, -0.2) is 4.79 Å². The number of benzene rings is 1. The van der Waals surface area contributed by atoms with Crippen molar-refractivity contribution in [2.24, 2.45) is 5.92 Å². The summed E-state index contributed by atoms with van der Waals surface area (Å²) in [5.41, 5.74) is 1.26. The van der Waals surface area contributed by atoms with Crippen molar-refractivity contribution in [1.29, 1.82) is 0 Å². The normalized spacial score (nSPS) is 12.0. The predicted molar refractivity (Wildman–Crippen MR) is 72.5 cm³/mol. The zero-order valence-electron chi connectivity index (χ0n) is 10.7. The first-order chi connectivity index (χ1) is 8.93. The van der Waals surface area contributed by atoms with Gasteiger partial charge in [0.2, 0.25) is 0 Å². The number of carbonyl (C=O) groups excluding carboxylic acids is 1. The molecular formula is C13H16ClNO4. The Morgan fingerprint density at radius 3 is 2.32 bits per heavy atom. The van der Waals surface area contributed by atoms with Gasteiger partial charge >= 0.3 is 12.1 Å². The lowest BCUT2D eigenvalue weighted by Crippen LogP contribution is -2.17. The lowest BCUT2D eigenvalue weighted by atomic mass is 9.98. The van der Waals surface area contributed by atoms with E-state index in [1.807, 2.05) is 13.8 Å². The van der Waals surface area contributed by atoms with Crippen LogP contribution >= 0.6 is 11.6 Å². The Hall–Kier alpha value is -1.75. The minimum atomic E-state index is -1.12. The molecule has 0 fully saturated rings. The SMILES string of the molecule is CC(C)C(OC(=O)CCl)c1ccc(NC(=O)O)cc1. The van der Waals surface area contributed by atoms with Crippen LogP contribution in [0, 0.1) is 5.92 Å². The molecule has 1 aromatic carbocycles. The summed E-state index contributed by atoms with van der Waals surface area (Å²) in [4.78, 5) is 21.8. The van der Waals surface area contributed by atoms with Crippen molar-refractivity contribution < 1.29 is 19.4 Å².